The zero-order valence-corrected chi connectivity index (χ0v) is 12.4. The van der Waals surface area contributed by atoms with Crippen LogP contribution in [0.1, 0.15) is 11.4 Å². The van der Waals surface area contributed by atoms with Gasteiger partial charge in [0.15, 0.2) is 0 Å². The van der Waals surface area contributed by atoms with Crippen LogP contribution in [0.5, 0.6) is 5.75 Å². The summed E-state index contributed by atoms with van der Waals surface area (Å²) in [5, 5.41) is 15.2. The maximum atomic E-state index is 8.69. The Morgan fingerprint density at radius 3 is 2.75 bits per heavy atom. The largest absolute Gasteiger partial charge is 0.497 e. The molecule has 0 aliphatic carbocycles. The SMILES string of the molecule is COc1ccc(-c2csc(CCNCCCO)n2)cc1. The molecular weight excluding hydrogens is 272 g/mol. The molecule has 4 nitrogen and oxygen atoms in total. The molecule has 0 amide bonds. The molecule has 20 heavy (non-hydrogen) atoms. The first-order valence-electron chi connectivity index (χ1n) is 6.74. The van der Waals surface area contributed by atoms with Crippen molar-refractivity contribution < 1.29 is 9.84 Å². The van der Waals surface area contributed by atoms with Gasteiger partial charge in [-0.1, -0.05) is 0 Å². The molecule has 0 aliphatic rings. The van der Waals surface area contributed by atoms with Gasteiger partial charge < -0.3 is 15.2 Å². The molecule has 1 aromatic heterocycles. The van der Waals surface area contributed by atoms with Crippen molar-refractivity contribution in [3.63, 3.8) is 0 Å². The van der Waals surface area contributed by atoms with Crippen LogP contribution in [0.15, 0.2) is 29.6 Å². The number of nitrogens with zero attached hydrogens (tertiary/aromatic N) is 1. The van der Waals surface area contributed by atoms with Gasteiger partial charge in [-0.25, -0.2) is 4.98 Å². The Morgan fingerprint density at radius 2 is 2.05 bits per heavy atom. The molecule has 2 aromatic rings. The summed E-state index contributed by atoms with van der Waals surface area (Å²) >= 11 is 1.69. The van der Waals surface area contributed by atoms with E-state index in [-0.39, 0.29) is 6.61 Å². The summed E-state index contributed by atoms with van der Waals surface area (Å²) in [6.45, 7) is 1.99. The molecule has 0 atom stereocenters. The molecule has 108 valence electrons. The molecule has 1 heterocycles. The summed E-state index contributed by atoms with van der Waals surface area (Å²) in [6, 6.07) is 7.95. The molecule has 0 unspecified atom stereocenters. The first kappa shape index (κ1) is 15.0. The predicted molar refractivity (Wildman–Crippen MR) is 82.4 cm³/mol. The highest BCUT2D eigenvalue weighted by atomic mass is 32.1. The van der Waals surface area contributed by atoms with Crippen molar-refractivity contribution in [1.82, 2.24) is 10.3 Å². The van der Waals surface area contributed by atoms with Crippen molar-refractivity contribution >= 4 is 11.3 Å². The maximum Gasteiger partial charge on any atom is 0.118 e. The maximum absolute atomic E-state index is 8.69. The van der Waals surface area contributed by atoms with Crippen LogP contribution in [0.25, 0.3) is 11.3 Å². The molecule has 0 radical (unpaired) electrons. The van der Waals surface area contributed by atoms with Crippen LogP contribution < -0.4 is 10.1 Å². The van der Waals surface area contributed by atoms with E-state index in [9.17, 15) is 0 Å². The standard InChI is InChI=1S/C15H20N2O2S/c1-19-13-5-3-12(4-6-13)14-11-20-15(17-14)7-9-16-8-2-10-18/h3-6,11,16,18H,2,7-10H2,1H3. The van der Waals surface area contributed by atoms with E-state index in [0.717, 1.165) is 47.9 Å². The van der Waals surface area contributed by atoms with E-state index in [1.54, 1.807) is 18.4 Å². The predicted octanol–water partition coefficient (Wildman–Crippen LogP) is 2.33. The minimum atomic E-state index is 0.242. The number of ether oxygens (including phenoxy) is 1. The highest BCUT2D eigenvalue weighted by Gasteiger charge is 2.04. The Bertz CT molecular complexity index is 511. The molecular formula is C15H20N2O2S. The molecule has 0 aliphatic heterocycles. The second-order valence-electron chi connectivity index (χ2n) is 4.43. The number of aliphatic hydroxyl groups is 1. The van der Waals surface area contributed by atoms with Gasteiger partial charge in [-0.15, -0.1) is 11.3 Å². The van der Waals surface area contributed by atoms with Gasteiger partial charge in [-0.05, 0) is 37.2 Å². The highest BCUT2D eigenvalue weighted by molar-refractivity contribution is 7.09. The van der Waals surface area contributed by atoms with E-state index in [2.05, 4.69) is 15.7 Å². The van der Waals surface area contributed by atoms with Crippen molar-refractivity contribution in [2.75, 3.05) is 26.8 Å². The highest BCUT2D eigenvalue weighted by Crippen LogP contribution is 2.24. The monoisotopic (exact) mass is 292 g/mol. The van der Waals surface area contributed by atoms with Gasteiger partial charge in [-0.3, -0.25) is 0 Å². The molecule has 0 bridgehead atoms. The number of benzene rings is 1. The van der Waals surface area contributed by atoms with E-state index in [4.69, 9.17) is 9.84 Å². The van der Waals surface area contributed by atoms with Crippen LogP contribution in [0.3, 0.4) is 0 Å². The van der Waals surface area contributed by atoms with E-state index in [1.807, 2.05) is 24.3 Å². The van der Waals surface area contributed by atoms with Gasteiger partial charge >= 0.3 is 0 Å². The molecule has 1 aromatic carbocycles. The summed E-state index contributed by atoms with van der Waals surface area (Å²) in [4.78, 5) is 4.64. The van der Waals surface area contributed by atoms with Crippen LogP contribution in [0.2, 0.25) is 0 Å². The van der Waals surface area contributed by atoms with Crippen molar-refractivity contribution in [2.45, 2.75) is 12.8 Å². The lowest BCUT2D eigenvalue weighted by Crippen LogP contribution is -2.19. The van der Waals surface area contributed by atoms with Crippen molar-refractivity contribution in [1.29, 1.82) is 0 Å². The zero-order valence-electron chi connectivity index (χ0n) is 11.6. The van der Waals surface area contributed by atoms with E-state index < -0.39 is 0 Å². The summed E-state index contributed by atoms with van der Waals surface area (Å²) in [6.07, 6.45) is 1.72. The molecule has 2 rings (SSSR count). The number of hydrogen-bond acceptors (Lipinski definition) is 5. The molecule has 0 saturated heterocycles. The summed E-state index contributed by atoms with van der Waals surface area (Å²) in [7, 11) is 1.67. The average Bonchev–Trinajstić information content (AvgIpc) is 2.96. The van der Waals surface area contributed by atoms with Gasteiger partial charge in [0.05, 0.1) is 17.8 Å². The molecule has 0 spiro atoms. The minimum Gasteiger partial charge on any atom is -0.497 e. The Kier molecular flexibility index (Phi) is 5.98. The Hall–Kier alpha value is -1.43. The minimum absolute atomic E-state index is 0.242. The molecule has 0 fully saturated rings. The van der Waals surface area contributed by atoms with Crippen LogP contribution >= 0.6 is 11.3 Å². The smallest absolute Gasteiger partial charge is 0.118 e. The number of methoxy groups -OCH3 is 1. The van der Waals surface area contributed by atoms with Crippen molar-refractivity contribution in [3.8, 4) is 17.0 Å². The van der Waals surface area contributed by atoms with Crippen LogP contribution in [0.4, 0.5) is 0 Å². The van der Waals surface area contributed by atoms with Crippen molar-refractivity contribution in [3.05, 3.63) is 34.7 Å². The van der Waals surface area contributed by atoms with E-state index >= 15 is 0 Å². The number of hydrogen-bond donors (Lipinski definition) is 2. The third-order valence-corrected chi connectivity index (χ3v) is 3.87. The lowest BCUT2D eigenvalue weighted by molar-refractivity contribution is 0.286. The quantitative estimate of drug-likeness (QED) is 0.733. The first-order chi connectivity index (χ1) is 9.83. The van der Waals surface area contributed by atoms with Crippen LogP contribution in [-0.4, -0.2) is 36.9 Å². The Labute approximate surface area is 123 Å². The van der Waals surface area contributed by atoms with Gasteiger partial charge in [0.1, 0.15) is 5.75 Å². The van der Waals surface area contributed by atoms with Crippen LogP contribution in [-0.2, 0) is 6.42 Å². The third-order valence-electron chi connectivity index (χ3n) is 2.96. The average molecular weight is 292 g/mol. The lowest BCUT2D eigenvalue weighted by atomic mass is 10.2. The second-order valence-corrected chi connectivity index (χ2v) is 5.37. The van der Waals surface area contributed by atoms with Gasteiger partial charge in [0, 0.05) is 30.5 Å². The topological polar surface area (TPSA) is 54.4 Å². The Balaban J connectivity index is 1.87. The van der Waals surface area contributed by atoms with E-state index in [0.29, 0.717) is 0 Å². The first-order valence-corrected chi connectivity index (χ1v) is 7.62. The fourth-order valence-electron chi connectivity index (χ4n) is 1.84. The Morgan fingerprint density at radius 1 is 1.25 bits per heavy atom. The molecule has 2 N–H and O–H groups in total. The molecule has 0 saturated carbocycles. The summed E-state index contributed by atoms with van der Waals surface area (Å²) in [5.74, 6) is 0.859. The fourth-order valence-corrected chi connectivity index (χ4v) is 2.65. The normalized spacial score (nSPS) is 10.7. The zero-order chi connectivity index (χ0) is 14.2. The van der Waals surface area contributed by atoms with Gasteiger partial charge in [-0.2, -0.15) is 0 Å². The summed E-state index contributed by atoms with van der Waals surface area (Å²) < 4.78 is 5.15. The number of rotatable bonds is 8. The number of aliphatic hydroxyl groups excluding tert-OH is 1. The van der Waals surface area contributed by atoms with E-state index in [1.165, 1.54) is 0 Å². The lowest BCUT2D eigenvalue weighted by Gasteiger charge is -2.01. The third kappa shape index (κ3) is 4.30. The van der Waals surface area contributed by atoms with Crippen LogP contribution in [0, 0.1) is 0 Å². The number of aromatic nitrogens is 1. The van der Waals surface area contributed by atoms with Crippen molar-refractivity contribution in [2.24, 2.45) is 0 Å². The fraction of sp³-hybridized carbons (Fsp3) is 0.400. The number of nitrogens with one attached hydrogen (secondary N) is 1. The molecule has 5 heteroatoms. The second kappa shape index (κ2) is 7.99. The van der Waals surface area contributed by atoms with Gasteiger partial charge in [0.2, 0.25) is 0 Å². The van der Waals surface area contributed by atoms with Gasteiger partial charge in [0.25, 0.3) is 0 Å². The number of thiazole rings is 1. The summed E-state index contributed by atoms with van der Waals surface area (Å²) in [5.41, 5.74) is 2.13.